The minimum absolute atomic E-state index is 0.152. The van der Waals surface area contributed by atoms with Crippen LogP contribution in [0.2, 0.25) is 0 Å². The first-order chi connectivity index (χ1) is 15.0. The van der Waals surface area contributed by atoms with Crippen LogP contribution in [0, 0.1) is 0 Å². The van der Waals surface area contributed by atoms with Crippen molar-refractivity contribution in [1.29, 1.82) is 0 Å². The number of hydrogen-bond donors (Lipinski definition) is 1. The van der Waals surface area contributed by atoms with Gasteiger partial charge in [-0.25, -0.2) is 0 Å². The summed E-state index contributed by atoms with van der Waals surface area (Å²) in [5, 5.41) is 4.01. The van der Waals surface area contributed by atoms with E-state index in [0.717, 1.165) is 29.2 Å². The molecule has 2 aromatic carbocycles. The molecule has 0 saturated carbocycles. The Morgan fingerprint density at radius 3 is 2.39 bits per heavy atom. The molecule has 1 fully saturated rings. The molecule has 1 N–H and O–H groups in total. The summed E-state index contributed by atoms with van der Waals surface area (Å²) in [7, 11) is 3.39. The molecule has 31 heavy (non-hydrogen) atoms. The topological polar surface area (TPSA) is 61.9 Å². The minimum Gasteiger partial charge on any atom is -0.378 e. The number of nitrogens with one attached hydrogen (secondary N) is 1. The van der Waals surface area contributed by atoms with Crippen LogP contribution in [0.15, 0.2) is 60.7 Å². The fourth-order valence-corrected chi connectivity index (χ4v) is 4.65. The van der Waals surface area contributed by atoms with Crippen LogP contribution in [0.4, 0.5) is 10.7 Å². The Morgan fingerprint density at radius 2 is 1.68 bits per heavy atom. The Balaban J connectivity index is 1.67. The first kappa shape index (κ1) is 21.1. The summed E-state index contributed by atoms with van der Waals surface area (Å²) in [6.45, 7) is 2.94. The standard InChI is InChI=1S/C24H25N3O3S/c1-26(2)23(29)18-10-6-7-11-20(18)25-22(28)21-16-19(17-8-4-3-5-9-17)24(31-21)27-12-14-30-15-13-27/h3-11,16H,12-15H2,1-2H3,(H,25,28). The number of rotatable bonds is 5. The molecule has 0 bridgehead atoms. The van der Waals surface area contributed by atoms with Gasteiger partial charge in [0.15, 0.2) is 0 Å². The van der Waals surface area contributed by atoms with E-state index in [4.69, 9.17) is 4.74 Å². The highest BCUT2D eigenvalue weighted by Crippen LogP contribution is 2.39. The number of benzene rings is 2. The van der Waals surface area contributed by atoms with E-state index in [-0.39, 0.29) is 11.8 Å². The summed E-state index contributed by atoms with van der Waals surface area (Å²) in [6.07, 6.45) is 0. The maximum atomic E-state index is 13.2. The molecular formula is C24H25N3O3S. The summed E-state index contributed by atoms with van der Waals surface area (Å²) in [4.78, 5) is 30.0. The van der Waals surface area contributed by atoms with Crippen molar-refractivity contribution in [3.8, 4) is 11.1 Å². The van der Waals surface area contributed by atoms with Crippen LogP contribution in [-0.4, -0.2) is 57.1 Å². The Hall–Kier alpha value is -3.16. The molecule has 2 heterocycles. The van der Waals surface area contributed by atoms with Gasteiger partial charge in [0.05, 0.1) is 34.3 Å². The molecule has 3 aromatic rings. The Bertz CT molecular complexity index is 1070. The summed E-state index contributed by atoms with van der Waals surface area (Å²) < 4.78 is 5.50. The second-order valence-electron chi connectivity index (χ2n) is 7.49. The minimum atomic E-state index is -0.222. The third kappa shape index (κ3) is 4.62. The van der Waals surface area contributed by atoms with Crippen molar-refractivity contribution in [3.05, 3.63) is 71.1 Å². The molecule has 2 amide bonds. The largest absolute Gasteiger partial charge is 0.378 e. The van der Waals surface area contributed by atoms with Gasteiger partial charge in [0.1, 0.15) is 0 Å². The zero-order chi connectivity index (χ0) is 21.8. The van der Waals surface area contributed by atoms with Crippen molar-refractivity contribution < 1.29 is 14.3 Å². The van der Waals surface area contributed by atoms with Gasteiger partial charge in [-0.2, -0.15) is 0 Å². The molecule has 0 unspecified atom stereocenters. The predicted octanol–water partition coefficient (Wildman–Crippen LogP) is 4.21. The van der Waals surface area contributed by atoms with Gasteiger partial charge in [-0.1, -0.05) is 42.5 Å². The van der Waals surface area contributed by atoms with Crippen LogP contribution < -0.4 is 10.2 Å². The fraction of sp³-hybridized carbons (Fsp3) is 0.250. The van der Waals surface area contributed by atoms with Crippen molar-refractivity contribution in [2.75, 3.05) is 50.6 Å². The van der Waals surface area contributed by atoms with E-state index >= 15 is 0 Å². The van der Waals surface area contributed by atoms with Gasteiger partial charge in [0.25, 0.3) is 11.8 Å². The van der Waals surface area contributed by atoms with Gasteiger partial charge in [-0.15, -0.1) is 11.3 Å². The van der Waals surface area contributed by atoms with Crippen molar-refractivity contribution in [2.45, 2.75) is 0 Å². The lowest BCUT2D eigenvalue weighted by Crippen LogP contribution is -2.35. The average molecular weight is 436 g/mol. The van der Waals surface area contributed by atoms with Crippen LogP contribution in [0.25, 0.3) is 11.1 Å². The average Bonchev–Trinajstić information content (AvgIpc) is 3.26. The van der Waals surface area contributed by atoms with Gasteiger partial charge in [0.2, 0.25) is 0 Å². The molecule has 1 aromatic heterocycles. The van der Waals surface area contributed by atoms with Crippen LogP contribution in [0.1, 0.15) is 20.0 Å². The Labute approximate surface area is 186 Å². The number of thiophene rings is 1. The first-order valence-corrected chi connectivity index (χ1v) is 11.0. The van der Waals surface area contributed by atoms with Gasteiger partial charge >= 0.3 is 0 Å². The maximum absolute atomic E-state index is 13.2. The molecule has 0 atom stereocenters. The van der Waals surface area contributed by atoms with E-state index in [2.05, 4.69) is 22.3 Å². The van der Waals surface area contributed by atoms with Crippen molar-refractivity contribution in [1.82, 2.24) is 4.90 Å². The number of amides is 2. The molecule has 1 aliphatic rings. The van der Waals surface area contributed by atoms with E-state index in [9.17, 15) is 9.59 Å². The van der Waals surface area contributed by atoms with E-state index in [0.29, 0.717) is 29.3 Å². The number of hydrogen-bond acceptors (Lipinski definition) is 5. The quantitative estimate of drug-likeness (QED) is 0.652. The van der Waals surface area contributed by atoms with Crippen molar-refractivity contribution >= 4 is 33.8 Å². The predicted molar refractivity (Wildman–Crippen MR) is 125 cm³/mol. The highest BCUT2D eigenvalue weighted by atomic mass is 32.1. The SMILES string of the molecule is CN(C)C(=O)c1ccccc1NC(=O)c1cc(-c2ccccc2)c(N2CCOCC2)s1. The summed E-state index contributed by atoms with van der Waals surface area (Å²) in [5.74, 6) is -0.373. The zero-order valence-electron chi connectivity index (χ0n) is 17.6. The molecule has 0 radical (unpaired) electrons. The summed E-state index contributed by atoms with van der Waals surface area (Å²) in [5.41, 5.74) is 3.08. The smallest absolute Gasteiger partial charge is 0.265 e. The molecule has 160 valence electrons. The van der Waals surface area contributed by atoms with Crippen LogP contribution in [0.3, 0.4) is 0 Å². The van der Waals surface area contributed by atoms with Gasteiger partial charge in [-0.3, -0.25) is 9.59 Å². The lowest BCUT2D eigenvalue weighted by molar-refractivity contribution is 0.0828. The lowest BCUT2D eigenvalue weighted by Gasteiger charge is -2.28. The van der Waals surface area contributed by atoms with Gasteiger partial charge in [-0.05, 0) is 23.8 Å². The zero-order valence-corrected chi connectivity index (χ0v) is 18.4. The number of ether oxygens (including phenoxy) is 1. The Kier molecular flexibility index (Phi) is 6.34. The number of anilines is 2. The lowest BCUT2D eigenvalue weighted by atomic mass is 10.1. The molecule has 7 heteroatoms. The third-order valence-corrected chi connectivity index (χ3v) is 6.33. The van der Waals surface area contributed by atoms with Crippen LogP contribution in [0.5, 0.6) is 0 Å². The summed E-state index contributed by atoms with van der Waals surface area (Å²) >= 11 is 1.47. The molecule has 1 aliphatic heterocycles. The van der Waals surface area contributed by atoms with Gasteiger partial charge < -0.3 is 19.9 Å². The number of carbonyl (C=O) groups excluding carboxylic acids is 2. The second-order valence-corrected chi connectivity index (χ2v) is 8.52. The highest BCUT2D eigenvalue weighted by molar-refractivity contribution is 7.18. The van der Waals surface area contributed by atoms with E-state index in [1.54, 1.807) is 32.3 Å². The van der Waals surface area contributed by atoms with Crippen LogP contribution >= 0.6 is 11.3 Å². The second kappa shape index (κ2) is 9.32. The fourth-order valence-electron chi connectivity index (χ4n) is 3.52. The van der Waals surface area contributed by atoms with E-state index < -0.39 is 0 Å². The normalized spacial score (nSPS) is 13.7. The highest BCUT2D eigenvalue weighted by Gasteiger charge is 2.23. The number of para-hydroxylation sites is 1. The molecule has 1 saturated heterocycles. The molecule has 4 rings (SSSR count). The van der Waals surface area contributed by atoms with E-state index in [1.165, 1.54) is 16.2 Å². The maximum Gasteiger partial charge on any atom is 0.265 e. The first-order valence-electron chi connectivity index (χ1n) is 10.2. The molecule has 6 nitrogen and oxygen atoms in total. The molecular weight excluding hydrogens is 410 g/mol. The van der Waals surface area contributed by atoms with Gasteiger partial charge in [0, 0.05) is 32.7 Å². The number of carbonyl (C=O) groups is 2. The number of morpholine rings is 1. The molecule has 0 aliphatic carbocycles. The Morgan fingerprint density at radius 1 is 1.00 bits per heavy atom. The van der Waals surface area contributed by atoms with Crippen LogP contribution in [-0.2, 0) is 4.74 Å². The van der Waals surface area contributed by atoms with Crippen molar-refractivity contribution in [2.24, 2.45) is 0 Å². The summed E-state index contributed by atoms with van der Waals surface area (Å²) in [6, 6.07) is 19.1. The number of nitrogens with zero attached hydrogens (tertiary/aromatic N) is 2. The monoisotopic (exact) mass is 435 g/mol. The van der Waals surface area contributed by atoms with E-state index in [1.807, 2.05) is 30.3 Å². The van der Waals surface area contributed by atoms with Crippen molar-refractivity contribution in [3.63, 3.8) is 0 Å². The molecule has 0 spiro atoms. The third-order valence-electron chi connectivity index (χ3n) is 5.13.